The summed E-state index contributed by atoms with van der Waals surface area (Å²) >= 11 is 0. The smallest absolute Gasteiger partial charge is 0.234 e. The Bertz CT molecular complexity index is 388. The Morgan fingerprint density at radius 1 is 1.37 bits per heavy atom. The van der Waals surface area contributed by atoms with Crippen LogP contribution in [0, 0.1) is 5.92 Å². The lowest BCUT2D eigenvalue weighted by molar-refractivity contribution is -0.121. The summed E-state index contributed by atoms with van der Waals surface area (Å²) in [7, 11) is 0. The molecule has 0 saturated heterocycles. The zero-order valence-electron chi connectivity index (χ0n) is 11.3. The number of aromatic nitrogens is 1. The van der Waals surface area contributed by atoms with E-state index in [1.807, 2.05) is 18.2 Å². The van der Waals surface area contributed by atoms with E-state index in [-0.39, 0.29) is 11.9 Å². The molecule has 104 valence electrons. The van der Waals surface area contributed by atoms with E-state index in [4.69, 9.17) is 5.73 Å². The number of primary amides is 1. The topological polar surface area (TPSA) is 68.0 Å². The SMILES string of the molecule is NC(=O)C(NCCc1ccccn1)C1CCCCC1. The van der Waals surface area contributed by atoms with Gasteiger partial charge in [0.2, 0.25) is 5.91 Å². The van der Waals surface area contributed by atoms with Crippen molar-refractivity contribution in [1.82, 2.24) is 10.3 Å². The predicted molar refractivity (Wildman–Crippen MR) is 75.5 cm³/mol. The van der Waals surface area contributed by atoms with Crippen LogP contribution in [0.15, 0.2) is 24.4 Å². The van der Waals surface area contributed by atoms with Crippen molar-refractivity contribution in [3.63, 3.8) is 0 Å². The maximum atomic E-state index is 11.6. The molecule has 2 rings (SSSR count). The molecule has 0 spiro atoms. The average molecular weight is 261 g/mol. The Labute approximate surface area is 114 Å². The lowest BCUT2D eigenvalue weighted by Gasteiger charge is -2.28. The molecule has 1 aromatic rings. The van der Waals surface area contributed by atoms with E-state index < -0.39 is 0 Å². The molecule has 4 nitrogen and oxygen atoms in total. The summed E-state index contributed by atoms with van der Waals surface area (Å²) in [6.07, 6.45) is 8.58. The first-order valence-corrected chi connectivity index (χ1v) is 7.20. The van der Waals surface area contributed by atoms with Gasteiger partial charge in [0.1, 0.15) is 0 Å². The van der Waals surface area contributed by atoms with Gasteiger partial charge < -0.3 is 11.1 Å². The highest BCUT2D eigenvalue weighted by Gasteiger charge is 2.27. The molecule has 1 saturated carbocycles. The number of nitrogens with zero attached hydrogens (tertiary/aromatic N) is 1. The molecule has 0 aromatic carbocycles. The van der Waals surface area contributed by atoms with Crippen molar-refractivity contribution < 1.29 is 4.79 Å². The summed E-state index contributed by atoms with van der Waals surface area (Å²) in [5.41, 5.74) is 6.57. The molecule has 19 heavy (non-hydrogen) atoms. The maximum absolute atomic E-state index is 11.6. The number of hydrogen-bond donors (Lipinski definition) is 2. The predicted octanol–water partition coefficient (Wildman–Crippen LogP) is 1.65. The zero-order chi connectivity index (χ0) is 13.5. The Morgan fingerprint density at radius 2 is 2.16 bits per heavy atom. The minimum atomic E-state index is -0.215. The summed E-state index contributed by atoms with van der Waals surface area (Å²) in [6.45, 7) is 0.751. The molecule has 1 aliphatic carbocycles. The number of hydrogen-bond acceptors (Lipinski definition) is 3. The number of rotatable bonds is 6. The maximum Gasteiger partial charge on any atom is 0.234 e. The molecule has 0 radical (unpaired) electrons. The summed E-state index contributed by atoms with van der Waals surface area (Å²) < 4.78 is 0. The first kappa shape index (κ1) is 14.0. The second-order valence-corrected chi connectivity index (χ2v) is 5.30. The summed E-state index contributed by atoms with van der Waals surface area (Å²) in [5, 5.41) is 3.32. The molecular weight excluding hydrogens is 238 g/mol. The first-order chi connectivity index (χ1) is 9.27. The third-order valence-electron chi connectivity index (χ3n) is 3.90. The van der Waals surface area contributed by atoms with Gasteiger partial charge in [-0.3, -0.25) is 9.78 Å². The van der Waals surface area contributed by atoms with E-state index >= 15 is 0 Å². The van der Waals surface area contributed by atoms with Crippen molar-refractivity contribution in [3.05, 3.63) is 30.1 Å². The van der Waals surface area contributed by atoms with Crippen LogP contribution in [0.4, 0.5) is 0 Å². The van der Waals surface area contributed by atoms with E-state index in [9.17, 15) is 4.79 Å². The fraction of sp³-hybridized carbons (Fsp3) is 0.600. The van der Waals surface area contributed by atoms with Gasteiger partial charge in [0.25, 0.3) is 0 Å². The molecule has 0 bridgehead atoms. The van der Waals surface area contributed by atoms with Gasteiger partial charge in [0, 0.05) is 24.9 Å². The molecule has 1 unspecified atom stereocenters. The third-order valence-corrected chi connectivity index (χ3v) is 3.90. The lowest BCUT2D eigenvalue weighted by atomic mass is 9.83. The molecular formula is C15H23N3O. The van der Waals surface area contributed by atoms with Gasteiger partial charge in [-0.15, -0.1) is 0 Å². The molecule has 1 fully saturated rings. The van der Waals surface area contributed by atoms with Crippen LogP contribution >= 0.6 is 0 Å². The van der Waals surface area contributed by atoms with Gasteiger partial charge in [-0.1, -0.05) is 25.3 Å². The summed E-state index contributed by atoms with van der Waals surface area (Å²) in [5.74, 6) is 0.197. The van der Waals surface area contributed by atoms with Gasteiger partial charge in [-0.25, -0.2) is 0 Å². The van der Waals surface area contributed by atoms with Gasteiger partial charge in [0.05, 0.1) is 6.04 Å². The van der Waals surface area contributed by atoms with Gasteiger partial charge in [-0.05, 0) is 30.9 Å². The lowest BCUT2D eigenvalue weighted by Crippen LogP contribution is -2.47. The van der Waals surface area contributed by atoms with Crippen LogP contribution in [0.1, 0.15) is 37.8 Å². The van der Waals surface area contributed by atoms with Crippen molar-refractivity contribution in [1.29, 1.82) is 0 Å². The highest BCUT2D eigenvalue weighted by Crippen LogP contribution is 2.26. The van der Waals surface area contributed by atoms with Crippen molar-refractivity contribution >= 4 is 5.91 Å². The van der Waals surface area contributed by atoms with Crippen molar-refractivity contribution in [2.45, 2.75) is 44.6 Å². The summed E-state index contributed by atoms with van der Waals surface area (Å²) in [4.78, 5) is 15.9. The van der Waals surface area contributed by atoms with Crippen LogP contribution in [-0.4, -0.2) is 23.5 Å². The zero-order valence-corrected chi connectivity index (χ0v) is 11.3. The van der Waals surface area contributed by atoms with Crippen molar-refractivity contribution in [3.8, 4) is 0 Å². The quantitative estimate of drug-likeness (QED) is 0.818. The van der Waals surface area contributed by atoms with E-state index in [0.29, 0.717) is 5.92 Å². The second kappa shape index (κ2) is 7.24. The molecule has 0 aliphatic heterocycles. The van der Waals surface area contributed by atoms with E-state index in [0.717, 1.165) is 31.5 Å². The van der Waals surface area contributed by atoms with Crippen LogP contribution in [0.2, 0.25) is 0 Å². The highest BCUT2D eigenvalue weighted by atomic mass is 16.1. The highest BCUT2D eigenvalue weighted by molar-refractivity contribution is 5.80. The monoisotopic (exact) mass is 261 g/mol. The van der Waals surface area contributed by atoms with Crippen LogP contribution < -0.4 is 11.1 Å². The second-order valence-electron chi connectivity index (χ2n) is 5.30. The van der Waals surface area contributed by atoms with Crippen LogP contribution in [0.3, 0.4) is 0 Å². The van der Waals surface area contributed by atoms with Gasteiger partial charge in [-0.2, -0.15) is 0 Å². The van der Waals surface area contributed by atoms with E-state index in [2.05, 4.69) is 10.3 Å². The van der Waals surface area contributed by atoms with Gasteiger partial charge >= 0.3 is 0 Å². The van der Waals surface area contributed by atoms with Crippen molar-refractivity contribution in [2.75, 3.05) is 6.54 Å². The normalized spacial score (nSPS) is 18.1. The minimum absolute atomic E-state index is 0.177. The number of amides is 1. The van der Waals surface area contributed by atoms with Crippen LogP contribution in [-0.2, 0) is 11.2 Å². The Hall–Kier alpha value is -1.42. The first-order valence-electron chi connectivity index (χ1n) is 7.20. The standard InChI is InChI=1S/C15H23N3O/c16-15(19)14(12-6-2-1-3-7-12)18-11-9-13-8-4-5-10-17-13/h4-5,8,10,12,14,18H,1-3,6-7,9,11H2,(H2,16,19). The van der Waals surface area contributed by atoms with Gasteiger partial charge in [0.15, 0.2) is 0 Å². The van der Waals surface area contributed by atoms with Crippen molar-refractivity contribution in [2.24, 2.45) is 11.7 Å². The number of nitrogens with two attached hydrogens (primary N) is 1. The fourth-order valence-corrected chi connectivity index (χ4v) is 2.87. The van der Waals surface area contributed by atoms with E-state index in [1.165, 1.54) is 19.3 Å². The van der Waals surface area contributed by atoms with E-state index in [1.54, 1.807) is 6.20 Å². The number of carbonyl (C=O) groups excluding carboxylic acids is 1. The Kier molecular flexibility index (Phi) is 5.33. The Morgan fingerprint density at radius 3 is 2.79 bits per heavy atom. The molecule has 1 aliphatic rings. The molecule has 1 amide bonds. The number of carbonyl (C=O) groups is 1. The fourth-order valence-electron chi connectivity index (χ4n) is 2.87. The largest absolute Gasteiger partial charge is 0.368 e. The molecule has 1 atom stereocenters. The van der Waals surface area contributed by atoms with Crippen LogP contribution in [0.5, 0.6) is 0 Å². The average Bonchev–Trinajstić information content (AvgIpc) is 2.45. The number of pyridine rings is 1. The molecule has 4 heteroatoms. The third kappa shape index (κ3) is 4.31. The number of nitrogens with one attached hydrogen (secondary N) is 1. The Balaban J connectivity index is 1.82. The minimum Gasteiger partial charge on any atom is -0.368 e. The molecule has 1 heterocycles. The molecule has 3 N–H and O–H groups in total. The summed E-state index contributed by atoms with van der Waals surface area (Å²) in [6, 6.07) is 5.71. The van der Waals surface area contributed by atoms with Crippen LogP contribution in [0.25, 0.3) is 0 Å². The molecule has 1 aromatic heterocycles.